The van der Waals surface area contributed by atoms with Gasteiger partial charge in [0.15, 0.2) is 5.82 Å². The molecular formula is C15H18N4O4S. The Morgan fingerprint density at radius 3 is 2.83 bits per heavy atom. The van der Waals surface area contributed by atoms with Gasteiger partial charge in [-0.15, -0.1) is 0 Å². The number of nitrogens with one attached hydrogen (secondary N) is 1. The standard InChI is InChI=1S/C15H18N4O4S/c20-14-17-16-13-8-23-15(11-19(13)14)6-7-18(10-15)24(21,22)9-12-4-2-1-3-5-12/h1-5H,6-11H2,(H,17,20). The Hall–Kier alpha value is -1.97. The summed E-state index contributed by atoms with van der Waals surface area (Å²) in [5.74, 6) is 0.525. The number of rotatable bonds is 3. The first kappa shape index (κ1) is 15.6. The Morgan fingerprint density at radius 1 is 1.25 bits per heavy atom. The molecule has 1 aromatic carbocycles. The Labute approximate surface area is 139 Å². The van der Waals surface area contributed by atoms with Gasteiger partial charge in [0, 0.05) is 13.1 Å². The molecule has 128 valence electrons. The molecule has 8 nitrogen and oxygen atoms in total. The molecule has 1 spiro atoms. The molecule has 1 atom stereocenters. The number of fused-ring (bicyclic) bond motifs is 1. The van der Waals surface area contributed by atoms with Crippen LogP contribution < -0.4 is 5.69 Å². The van der Waals surface area contributed by atoms with Crippen LogP contribution >= 0.6 is 0 Å². The minimum Gasteiger partial charge on any atom is -0.364 e. The number of ether oxygens (including phenoxy) is 1. The van der Waals surface area contributed by atoms with Crippen molar-refractivity contribution in [3.05, 3.63) is 52.2 Å². The van der Waals surface area contributed by atoms with E-state index in [0.717, 1.165) is 5.56 Å². The maximum Gasteiger partial charge on any atom is 0.343 e. The molecule has 2 aromatic rings. The van der Waals surface area contributed by atoms with E-state index in [1.165, 1.54) is 8.87 Å². The fourth-order valence-corrected chi connectivity index (χ4v) is 4.94. The van der Waals surface area contributed by atoms with Crippen molar-refractivity contribution in [2.24, 2.45) is 0 Å². The third-order valence-electron chi connectivity index (χ3n) is 4.66. The SMILES string of the molecule is O=c1[nH]nc2n1CC1(CCN(S(=O)(=O)Cc3ccccc3)C1)OC2. The molecule has 3 heterocycles. The first-order chi connectivity index (χ1) is 11.5. The lowest BCUT2D eigenvalue weighted by molar-refractivity contribution is -0.0800. The number of H-pyrrole nitrogens is 1. The number of benzene rings is 1. The molecule has 24 heavy (non-hydrogen) atoms. The zero-order valence-electron chi connectivity index (χ0n) is 13.0. The molecule has 0 bridgehead atoms. The summed E-state index contributed by atoms with van der Waals surface area (Å²) < 4.78 is 34.2. The summed E-state index contributed by atoms with van der Waals surface area (Å²) in [5.41, 5.74) is -0.167. The van der Waals surface area contributed by atoms with Crippen LogP contribution in [-0.4, -0.2) is 46.2 Å². The van der Waals surface area contributed by atoms with Crippen LogP contribution in [0.1, 0.15) is 17.8 Å². The number of aromatic nitrogens is 3. The fraction of sp³-hybridized carbons (Fsp3) is 0.467. The summed E-state index contributed by atoms with van der Waals surface area (Å²) in [4.78, 5) is 11.8. The van der Waals surface area contributed by atoms with Crippen LogP contribution in [0.15, 0.2) is 35.1 Å². The van der Waals surface area contributed by atoms with Gasteiger partial charge in [0.1, 0.15) is 12.2 Å². The van der Waals surface area contributed by atoms with Gasteiger partial charge in [-0.1, -0.05) is 30.3 Å². The van der Waals surface area contributed by atoms with E-state index in [9.17, 15) is 13.2 Å². The van der Waals surface area contributed by atoms with Crippen LogP contribution in [0.3, 0.4) is 0 Å². The highest BCUT2D eigenvalue weighted by molar-refractivity contribution is 7.88. The van der Waals surface area contributed by atoms with E-state index in [0.29, 0.717) is 25.3 Å². The molecule has 1 saturated heterocycles. The monoisotopic (exact) mass is 350 g/mol. The summed E-state index contributed by atoms with van der Waals surface area (Å²) in [6.07, 6.45) is 0.568. The molecule has 9 heteroatoms. The highest BCUT2D eigenvalue weighted by atomic mass is 32.2. The molecule has 1 unspecified atom stereocenters. The molecule has 2 aliphatic heterocycles. The molecule has 1 N–H and O–H groups in total. The maximum absolute atomic E-state index is 12.7. The zero-order valence-corrected chi connectivity index (χ0v) is 13.8. The molecule has 0 saturated carbocycles. The zero-order chi connectivity index (χ0) is 16.8. The fourth-order valence-electron chi connectivity index (χ4n) is 3.34. The summed E-state index contributed by atoms with van der Waals surface area (Å²) >= 11 is 0. The quantitative estimate of drug-likeness (QED) is 0.845. The van der Waals surface area contributed by atoms with E-state index in [1.807, 2.05) is 18.2 Å². The van der Waals surface area contributed by atoms with Gasteiger partial charge in [0.2, 0.25) is 10.0 Å². The van der Waals surface area contributed by atoms with Gasteiger partial charge >= 0.3 is 5.69 Å². The number of nitrogens with zero attached hydrogens (tertiary/aromatic N) is 3. The lowest BCUT2D eigenvalue weighted by Crippen LogP contribution is -2.47. The molecule has 0 aliphatic carbocycles. The van der Waals surface area contributed by atoms with Crippen LogP contribution in [-0.2, 0) is 33.7 Å². The molecule has 2 aliphatic rings. The first-order valence-electron chi connectivity index (χ1n) is 7.77. The highest BCUT2D eigenvalue weighted by Gasteiger charge is 2.46. The van der Waals surface area contributed by atoms with Crippen LogP contribution in [0.2, 0.25) is 0 Å². The van der Waals surface area contributed by atoms with Crippen molar-refractivity contribution in [3.63, 3.8) is 0 Å². The first-order valence-corrected chi connectivity index (χ1v) is 9.38. The van der Waals surface area contributed by atoms with Crippen molar-refractivity contribution in [1.29, 1.82) is 0 Å². The van der Waals surface area contributed by atoms with Crippen molar-refractivity contribution in [2.75, 3.05) is 13.1 Å². The van der Waals surface area contributed by atoms with Crippen molar-refractivity contribution in [1.82, 2.24) is 19.1 Å². The second-order valence-electron chi connectivity index (χ2n) is 6.33. The van der Waals surface area contributed by atoms with Gasteiger partial charge in [0.25, 0.3) is 0 Å². The largest absolute Gasteiger partial charge is 0.364 e. The Bertz CT molecular complexity index is 905. The summed E-state index contributed by atoms with van der Waals surface area (Å²) in [7, 11) is -3.42. The van der Waals surface area contributed by atoms with Crippen LogP contribution in [0.4, 0.5) is 0 Å². The topological polar surface area (TPSA) is 97.3 Å². The third kappa shape index (κ3) is 2.68. The molecular weight excluding hydrogens is 332 g/mol. The predicted octanol–water partition coefficient (Wildman–Crippen LogP) is 0.0761. The van der Waals surface area contributed by atoms with E-state index >= 15 is 0 Å². The van der Waals surface area contributed by atoms with Crippen molar-refractivity contribution in [2.45, 2.75) is 30.9 Å². The van der Waals surface area contributed by atoms with Gasteiger partial charge in [-0.2, -0.15) is 9.40 Å². The van der Waals surface area contributed by atoms with Gasteiger partial charge in [-0.3, -0.25) is 4.57 Å². The van der Waals surface area contributed by atoms with E-state index in [1.54, 1.807) is 12.1 Å². The summed E-state index contributed by atoms with van der Waals surface area (Å²) in [5, 5.41) is 6.31. The number of aromatic amines is 1. The van der Waals surface area contributed by atoms with Crippen LogP contribution in [0.25, 0.3) is 0 Å². The number of hydrogen-bond acceptors (Lipinski definition) is 5. The van der Waals surface area contributed by atoms with E-state index < -0.39 is 15.6 Å². The van der Waals surface area contributed by atoms with Gasteiger partial charge in [-0.25, -0.2) is 18.3 Å². The van der Waals surface area contributed by atoms with Gasteiger partial charge in [-0.05, 0) is 12.0 Å². The summed E-state index contributed by atoms with van der Waals surface area (Å²) in [6.45, 7) is 1.21. The van der Waals surface area contributed by atoms with Crippen molar-refractivity contribution >= 4 is 10.0 Å². The predicted molar refractivity (Wildman–Crippen MR) is 85.6 cm³/mol. The smallest absolute Gasteiger partial charge is 0.343 e. The lowest BCUT2D eigenvalue weighted by Gasteiger charge is -2.33. The van der Waals surface area contributed by atoms with Crippen molar-refractivity contribution in [3.8, 4) is 0 Å². The molecule has 1 aromatic heterocycles. The lowest BCUT2D eigenvalue weighted by atomic mass is 10.0. The normalized spacial score (nSPS) is 24.3. The van der Waals surface area contributed by atoms with E-state index in [-0.39, 0.29) is 24.6 Å². The highest BCUT2D eigenvalue weighted by Crippen LogP contribution is 2.33. The maximum atomic E-state index is 12.7. The van der Waals surface area contributed by atoms with Crippen LogP contribution in [0.5, 0.6) is 0 Å². The minimum atomic E-state index is -3.42. The molecule has 1 fully saturated rings. The second kappa shape index (κ2) is 5.54. The van der Waals surface area contributed by atoms with Gasteiger partial charge in [0.05, 0.1) is 12.3 Å². The number of hydrogen-bond donors (Lipinski definition) is 1. The Morgan fingerprint density at radius 2 is 2.04 bits per heavy atom. The third-order valence-corrected chi connectivity index (χ3v) is 6.45. The Kier molecular flexibility index (Phi) is 3.59. The second-order valence-corrected chi connectivity index (χ2v) is 8.30. The molecule has 0 amide bonds. The number of sulfonamides is 1. The van der Waals surface area contributed by atoms with Crippen molar-refractivity contribution < 1.29 is 13.2 Å². The van der Waals surface area contributed by atoms with E-state index in [4.69, 9.17) is 4.74 Å². The van der Waals surface area contributed by atoms with Crippen LogP contribution in [0, 0.1) is 0 Å². The van der Waals surface area contributed by atoms with E-state index in [2.05, 4.69) is 10.2 Å². The summed E-state index contributed by atoms with van der Waals surface area (Å²) in [6, 6.07) is 9.12. The average molecular weight is 350 g/mol. The molecule has 0 radical (unpaired) electrons. The average Bonchev–Trinajstić information content (AvgIpc) is 3.14. The Balaban J connectivity index is 1.52. The van der Waals surface area contributed by atoms with Gasteiger partial charge < -0.3 is 4.74 Å². The minimum absolute atomic E-state index is 0.0270. The molecule has 4 rings (SSSR count).